The minimum absolute atomic E-state index is 0.0281. The van der Waals surface area contributed by atoms with Crippen LogP contribution in [0, 0.1) is 11.8 Å². The predicted octanol–water partition coefficient (Wildman–Crippen LogP) is 1.81. The molecular formula is C14H27N3O. The van der Waals surface area contributed by atoms with Crippen molar-refractivity contribution in [3.63, 3.8) is 0 Å². The van der Waals surface area contributed by atoms with Gasteiger partial charge < -0.3 is 10.6 Å². The predicted molar refractivity (Wildman–Crippen MR) is 73.5 cm³/mol. The third-order valence-corrected chi connectivity index (χ3v) is 4.46. The van der Waals surface area contributed by atoms with Gasteiger partial charge in [-0.2, -0.15) is 0 Å². The first-order valence-corrected chi connectivity index (χ1v) is 7.38. The summed E-state index contributed by atoms with van der Waals surface area (Å²) in [6.07, 6.45) is 3.92. The molecule has 4 nitrogen and oxygen atoms in total. The Morgan fingerprint density at radius 2 is 2.22 bits per heavy atom. The van der Waals surface area contributed by atoms with Crippen molar-refractivity contribution in [1.82, 2.24) is 15.5 Å². The van der Waals surface area contributed by atoms with Gasteiger partial charge in [-0.25, -0.2) is 4.79 Å². The molecule has 3 saturated heterocycles. The zero-order valence-corrected chi connectivity index (χ0v) is 11.9. The summed E-state index contributed by atoms with van der Waals surface area (Å²) in [5, 5.41) is 5.89. The van der Waals surface area contributed by atoms with Gasteiger partial charge in [-0.1, -0.05) is 13.3 Å². The third kappa shape index (κ3) is 3.16. The lowest BCUT2D eigenvalue weighted by molar-refractivity contribution is 0.00143. The van der Waals surface area contributed by atoms with E-state index in [0.29, 0.717) is 6.04 Å². The second-order valence-electron chi connectivity index (χ2n) is 6.11. The number of fused-ring (bicyclic) bond motifs is 3. The summed E-state index contributed by atoms with van der Waals surface area (Å²) in [5.74, 6) is 1.78. The Labute approximate surface area is 110 Å². The van der Waals surface area contributed by atoms with Crippen LogP contribution in [0.5, 0.6) is 0 Å². The molecule has 0 radical (unpaired) electrons. The Hall–Kier alpha value is -0.770. The van der Waals surface area contributed by atoms with E-state index < -0.39 is 0 Å². The molecule has 18 heavy (non-hydrogen) atoms. The summed E-state index contributed by atoms with van der Waals surface area (Å²) in [6, 6.07) is 0.738. The van der Waals surface area contributed by atoms with E-state index in [-0.39, 0.29) is 12.1 Å². The zero-order chi connectivity index (χ0) is 13.1. The molecule has 3 fully saturated rings. The fourth-order valence-electron chi connectivity index (χ4n) is 3.45. The van der Waals surface area contributed by atoms with E-state index >= 15 is 0 Å². The molecular weight excluding hydrogens is 226 g/mol. The lowest BCUT2D eigenvalue weighted by Gasteiger charge is -2.49. The molecule has 2 bridgehead atoms. The second kappa shape index (κ2) is 5.91. The lowest BCUT2D eigenvalue weighted by Crippen LogP contribution is -2.57. The van der Waals surface area contributed by atoms with Gasteiger partial charge in [-0.15, -0.1) is 0 Å². The summed E-state index contributed by atoms with van der Waals surface area (Å²) in [5.41, 5.74) is 0. The van der Waals surface area contributed by atoms with Crippen molar-refractivity contribution in [3.8, 4) is 0 Å². The summed E-state index contributed by atoms with van der Waals surface area (Å²) in [6.45, 7) is 9.52. The fraction of sp³-hybridized carbons (Fsp3) is 0.929. The largest absolute Gasteiger partial charge is 0.337 e. The highest BCUT2D eigenvalue weighted by Crippen LogP contribution is 2.37. The van der Waals surface area contributed by atoms with Gasteiger partial charge in [-0.05, 0) is 45.1 Å². The lowest BCUT2D eigenvalue weighted by atomic mass is 9.74. The molecule has 4 heteroatoms. The standard InChI is InChI=1S/C14H27N3O/c1-4-11-9-17-6-5-12(11)7-13(17)8-15-14(18)16-10(2)3/h10-13H,4-9H2,1-3H3,(H2,15,16,18)/t11-,12+,13+/m0/s1. The van der Waals surface area contributed by atoms with E-state index in [2.05, 4.69) is 22.5 Å². The molecule has 3 aliphatic heterocycles. The van der Waals surface area contributed by atoms with Gasteiger partial charge in [-0.3, -0.25) is 4.90 Å². The number of nitrogens with one attached hydrogen (secondary N) is 2. The van der Waals surface area contributed by atoms with Gasteiger partial charge in [0.25, 0.3) is 0 Å². The van der Waals surface area contributed by atoms with Crippen LogP contribution in [0.2, 0.25) is 0 Å². The van der Waals surface area contributed by atoms with E-state index in [0.717, 1.165) is 18.4 Å². The summed E-state index contributed by atoms with van der Waals surface area (Å²) in [4.78, 5) is 14.2. The maximum Gasteiger partial charge on any atom is 0.315 e. The topological polar surface area (TPSA) is 44.4 Å². The van der Waals surface area contributed by atoms with Gasteiger partial charge in [0.2, 0.25) is 0 Å². The van der Waals surface area contributed by atoms with Crippen LogP contribution < -0.4 is 10.6 Å². The number of piperidine rings is 3. The van der Waals surface area contributed by atoms with E-state index in [1.54, 1.807) is 0 Å². The molecule has 0 aromatic carbocycles. The molecule has 2 N–H and O–H groups in total. The average molecular weight is 253 g/mol. The molecule has 0 aromatic rings. The monoisotopic (exact) mass is 253 g/mol. The highest BCUT2D eigenvalue weighted by Gasteiger charge is 2.38. The van der Waals surface area contributed by atoms with E-state index in [1.165, 1.54) is 32.4 Å². The summed E-state index contributed by atoms with van der Waals surface area (Å²) >= 11 is 0. The Morgan fingerprint density at radius 3 is 2.78 bits per heavy atom. The number of rotatable bonds is 4. The molecule has 0 spiro atoms. The van der Waals surface area contributed by atoms with Crippen LogP contribution >= 0.6 is 0 Å². The number of carbonyl (C=O) groups excluding carboxylic acids is 1. The molecule has 0 saturated carbocycles. The Kier molecular flexibility index (Phi) is 4.49. The fourth-order valence-corrected chi connectivity index (χ4v) is 3.45. The maximum atomic E-state index is 11.6. The van der Waals surface area contributed by atoms with Crippen LogP contribution in [0.3, 0.4) is 0 Å². The third-order valence-electron chi connectivity index (χ3n) is 4.46. The normalized spacial score (nSPS) is 34.7. The van der Waals surface area contributed by atoms with Crippen LogP contribution in [0.4, 0.5) is 4.79 Å². The van der Waals surface area contributed by atoms with E-state index in [4.69, 9.17) is 0 Å². The quantitative estimate of drug-likeness (QED) is 0.802. The Balaban J connectivity index is 1.77. The molecule has 3 aliphatic rings. The Bertz CT molecular complexity index is 293. The maximum absolute atomic E-state index is 11.6. The van der Waals surface area contributed by atoms with Crippen molar-refractivity contribution in [2.75, 3.05) is 19.6 Å². The Morgan fingerprint density at radius 1 is 1.44 bits per heavy atom. The molecule has 4 atom stereocenters. The van der Waals surface area contributed by atoms with Crippen LogP contribution in [0.15, 0.2) is 0 Å². The molecule has 104 valence electrons. The van der Waals surface area contributed by atoms with Gasteiger partial charge in [0.1, 0.15) is 0 Å². The minimum atomic E-state index is -0.0281. The SMILES string of the molecule is CC[C@H]1CN2CC[C@@H]1C[C@@H]2CNC(=O)NC(C)C. The number of hydrogen-bond donors (Lipinski definition) is 2. The summed E-state index contributed by atoms with van der Waals surface area (Å²) < 4.78 is 0. The van der Waals surface area contributed by atoms with Crippen molar-refractivity contribution in [2.24, 2.45) is 11.8 Å². The van der Waals surface area contributed by atoms with Crippen LogP contribution in [0.1, 0.15) is 40.0 Å². The van der Waals surface area contributed by atoms with Crippen molar-refractivity contribution in [2.45, 2.75) is 52.1 Å². The van der Waals surface area contributed by atoms with Gasteiger partial charge in [0.15, 0.2) is 0 Å². The number of carbonyl (C=O) groups is 1. The zero-order valence-electron chi connectivity index (χ0n) is 11.9. The highest BCUT2D eigenvalue weighted by molar-refractivity contribution is 5.74. The smallest absolute Gasteiger partial charge is 0.315 e. The molecule has 3 rings (SSSR count). The van der Waals surface area contributed by atoms with Gasteiger partial charge >= 0.3 is 6.03 Å². The number of hydrogen-bond acceptors (Lipinski definition) is 2. The number of amides is 2. The molecule has 0 aromatic heterocycles. The van der Waals surface area contributed by atoms with Crippen LogP contribution in [-0.4, -0.2) is 42.6 Å². The minimum Gasteiger partial charge on any atom is -0.337 e. The molecule has 2 amide bonds. The average Bonchev–Trinajstić information content (AvgIpc) is 2.36. The molecule has 3 heterocycles. The van der Waals surface area contributed by atoms with Crippen LogP contribution in [-0.2, 0) is 0 Å². The second-order valence-corrected chi connectivity index (χ2v) is 6.11. The number of nitrogens with zero attached hydrogens (tertiary/aromatic N) is 1. The molecule has 1 unspecified atom stereocenters. The molecule has 0 aliphatic carbocycles. The first-order valence-electron chi connectivity index (χ1n) is 7.38. The summed E-state index contributed by atoms with van der Waals surface area (Å²) in [7, 11) is 0. The first-order chi connectivity index (χ1) is 8.60. The van der Waals surface area contributed by atoms with E-state index in [1.807, 2.05) is 13.8 Å². The van der Waals surface area contributed by atoms with Crippen molar-refractivity contribution in [3.05, 3.63) is 0 Å². The highest BCUT2D eigenvalue weighted by atomic mass is 16.2. The van der Waals surface area contributed by atoms with Crippen LogP contribution in [0.25, 0.3) is 0 Å². The van der Waals surface area contributed by atoms with Gasteiger partial charge in [0.05, 0.1) is 0 Å². The van der Waals surface area contributed by atoms with Crippen molar-refractivity contribution < 1.29 is 4.79 Å². The van der Waals surface area contributed by atoms with Crippen molar-refractivity contribution in [1.29, 1.82) is 0 Å². The van der Waals surface area contributed by atoms with Crippen molar-refractivity contribution >= 4 is 6.03 Å². The van der Waals surface area contributed by atoms with Gasteiger partial charge in [0, 0.05) is 25.2 Å². The number of urea groups is 1. The van der Waals surface area contributed by atoms with E-state index in [9.17, 15) is 4.79 Å². The first kappa shape index (κ1) is 13.7.